The number of hydrogen-bond donors (Lipinski definition) is 1. The first-order valence-corrected chi connectivity index (χ1v) is 4.23. The van der Waals surface area contributed by atoms with E-state index < -0.39 is 12.1 Å². The van der Waals surface area contributed by atoms with Crippen LogP contribution in [0.4, 0.5) is 0 Å². The molecule has 0 aliphatic carbocycles. The van der Waals surface area contributed by atoms with Gasteiger partial charge in [0.05, 0.1) is 19.5 Å². The minimum Gasteiger partial charge on any atom is -0.464 e. The Morgan fingerprint density at radius 1 is 1.53 bits per heavy atom. The first-order chi connectivity index (χ1) is 7.13. The Morgan fingerprint density at radius 2 is 2.27 bits per heavy atom. The monoisotopic (exact) mass is 206 g/mol. The molecule has 0 amide bonds. The van der Waals surface area contributed by atoms with E-state index >= 15 is 0 Å². The van der Waals surface area contributed by atoms with Crippen LogP contribution in [0, 0.1) is 11.8 Å². The van der Waals surface area contributed by atoms with Crippen LogP contribution in [0.3, 0.4) is 0 Å². The molecule has 1 N–H and O–H groups in total. The van der Waals surface area contributed by atoms with Crippen molar-refractivity contribution in [3.8, 4) is 11.8 Å². The molecule has 0 radical (unpaired) electrons. The van der Waals surface area contributed by atoms with Crippen molar-refractivity contribution in [3.05, 3.63) is 23.8 Å². The average Bonchev–Trinajstić information content (AvgIpc) is 2.26. The fourth-order valence-electron chi connectivity index (χ4n) is 0.781. The van der Waals surface area contributed by atoms with E-state index in [4.69, 9.17) is 5.11 Å². The maximum Gasteiger partial charge on any atom is 0.358 e. The number of rotatable bonds is 1. The summed E-state index contributed by atoms with van der Waals surface area (Å²) in [4.78, 5) is 18.7. The Morgan fingerprint density at radius 3 is 2.73 bits per heavy atom. The third-order valence-corrected chi connectivity index (χ3v) is 1.46. The molecule has 0 saturated heterocycles. The van der Waals surface area contributed by atoms with Crippen molar-refractivity contribution in [3.63, 3.8) is 0 Å². The number of aromatic nitrogens is 2. The third-order valence-electron chi connectivity index (χ3n) is 1.46. The molecule has 1 aromatic heterocycles. The number of aliphatic hydroxyl groups excluding tert-OH is 1. The summed E-state index contributed by atoms with van der Waals surface area (Å²) in [6.45, 7) is 1.54. The zero-order valence-electron chi connectivity index (χ0n) is 8.39. The van der Waals surface area contributed by atoms with Crippen molar-refractivity contribution in [2.45, 2.75) is 13.0 Å². The van der Waals surface area contributed by atoms with E-state index in [1.165, 1.54) is 19.5 Å². The number of methoxy groups -OCH3 is 1. The Labute approximate surface area is 87.1 Å². The van der Waals surface area contributed by atoms with E-state index in [0.29, 0.717) is 5.69 Å². The van der Waals surface area contributed by atoms with Crippen LogP contribution in [-0.2, 0) is 4.74 Å². The lowest BCUT2D eigenvalue weighted by atomic mass is 10.3. The molecule has 1 aromatic rings. The Hall–Kier alpha value is -1.93. The van der Waals surface area contributed by atoms with E-state index in [2.05, 4.69) is 26.5 Å². The molecule has 1 unspecified atom stereocenters. The molecule has 1 atom stereocenters. The van der Waals surface area contributed by atoms with Gasteiger partial charge in [0.2, 0.25) is 0 Å². The maximum absolute atomic E-state index is 11.0. The molecule has 0 aliphatic rings. The van der Waals surface area contributed by atoms with Crippen LogP contribution in [-0.4, -0.2) is 34.3 Å². The zero-order valence-corrected chi connectivity index (χ0v) is 8.39. The number of esters is 1. The highest BCUT2D eigenvalue weighted by molar-refractivity contribution is 5.86. The summed E-state index contributed by atoms with van der Waals surface area (Å²) in [6, 6.07) is 0. The first kappa shape index (κ1) is 11.1. The highest BCUT2D eigenvalue weighted by atomic mass is 16.5. The predicted octanol–water partition coefficient (Wildman–Crippen LogP) is -0.00450. The summed E-state index contributed by atoms with van der Waals surface area (Å²) >= 11 is 0. The summed E-state index contributed by atoms with van der Waals surface area (Å²) in [5.74, 6) is 4.57. The van der Waals surface area contributed by atoms with Gasteiger partial charge in [-0.05, 0) is 12.8 Å². The third kappa shape index (κ3) is 3.37. The van der Waals surface area contributed by atoms with Gasteiger partial charge in [-0.15, -0.1) is 0 Å². The molecule has 78 valence electrons. The topological polar surface area (TPSA) is 72.3 Å². The largest absolute Gasteiger partial charge is 0.464 e. The summed E-state index contributed by atoms with van der Waals surface area (Å²) < 4.78 is 4.46. The van der Waals surface area contributed by atoms with Crippen molar-refractivity contribution < 1.29 is 14.6 Å². The van der Waals surface area contributed by atoms with Crippen LogP contribution in [0.25, 0.3) is 0 Å². The molecule has 0 spiro atoms. The number of aliphatic hydroxyl groups is 1. The van der Waals surface area contributed by atoms with Crippen LogP contribution in [0.5, 0.6) is 0 Å². The van der Waals surface area contributed by atoms with Crippen molar-refractivity contribution in [2.75, 3.05) is 7.11 Å². The summed E-state index contributed by atoms with van der Waals surface area (Å²) in [5, 5.41) is 8.90. The normalized spacial score (nSPS) is 11.1. The fourth-order valence-corrected chi connectivity index (χ4v) is 0.781. The van der Waals surface area contributed by atoms with Gasteiger partial charge in [-0.25, -0.2) is 14.8 Å². The molecular formula is C10H10N2O3. The molecule has 0 bridgehead atoms. The quantitative estimate of drug-likeness (QED) is 0.517. The van der Waals surface area contributed by atoms with Crippen LogP contribution < -0.4 is 0 Å². The van der Waals surface area contributed by atoms with Gasteiger partial charge in [-0.3, -0.25) is 0 Å². The Balaban J connectivity index is 2.83. The Kier molecular flexibility index (Phi) is 3.77. The van der Waals surface area contributed by atoms with Crippen molar-refractivity contribution >= 4 is 5.97 Å². The standard InChI is InChI=1S/C10H10N2O3/c1-7(13)3-4-8-5-12-9(6-11-8)10(14)15-2/h5-7,13H,1-2H3. The van der Waals surface area contributed by atoms with Crippen molar-refractivity contribution in [1.29, 1.82) is 0 Å². The number of nitrogens with zero attached hydrogens (tertiary/aromatic N) is 2. The molecule has 5 heteroatoms. The van der Waals surface area contributed by atoms with Crippen LogP contribution in [0.1, 0.15) is 23.1 Å². The molecule has 0 aliphatic heterocycles. The molecule has 0 saturated carbocycles. The Bertz CT molecular complexity index is 401. The first-order valence-electron chi connectivity index (χ1n) is 4.23. The van der Waals surface area contributed by atoms with Gasteiger partial charge in [0.1, 0.15) is 11.8 Å². The van der Waals surface area contributed by atoms with Gasteiger partial charge in [-0.2, -0.15) is 0 Å². The van der Waals surface area contributed by atoms with E-state index in [1.807, 2.05) is 0 Å². The SMILES string of the molecule is COC(=O)c1cnc(C#CC(C)O)cn1. The molecule has 0 fully saturated rings. The van der Waals surface area contributed by atoms with Gasteiger partial charge >= 0.3 is 5.97 Å². The van der Waals surface area contributed by atoms with Gasteiger partial charge in [0, 0.05) is 0 Å². The minimum absolute atomic E-state index is 0.125. The van der Waals surface area contributed by atoms with E-state index in [-0.39, 0.29) is 5.69 Å². The summed E-state index contributed by atoms with van der Waals surface area (Å²) in [6.07, 6.45) is 1.91. The molecule has 15 heavy (non-hydrogen) atoms. The molecule has 1 rings (SSSR count). The van der Waals surface area contributed by atoms with Crippen LogP contribution >= 0.6 is 0 Å². The zero-order chi connectivity index (χ0) is 11.3. The van der Waals surface area contributed by atoms with Crippen LogP contribution in [0.2, 0.25) is 0 Å². The second-order valence-corrected chi connectivity index (χ2v) is 2.72. The second kappa shape index (κ2) is 5.08. The molecule has 0 aromatic carbocycles. The van der Waals surface area contributed by atoms with Gasteiger partial charge in [-0.1, -0.05) is 5.92 Å². The van der Waals surface area contributed by atoms with Gasteiger partial charge in [0.15, 0.2) is 5.69 Å². The van der Waals surface area contributed by atoms with Crippen molar-refractivity contribution in [1.82, 2.24) is 9.97 Å². The van der Waals surface area contributed by atoms with Crippen LogP contribution in [0.15, 0.2) is 12.4 Å². The lowest BCUT2D eigenvalue weighted by Gasteiger charge is -1.96. The average molecular weight is 206 g/mol. The van der Waals surface area contributed by atoms with Gasteiger partial charge in [0.25, 0.3) is 0 Å². The number of carbonyl (C=O) groups is 1. The number of hydrogen-bond acceptors (Lipinski definition) is 5. The molecule has 1 heterocycles. The second-order valence-electron chi connectivity index (χ2n) is 2.72. The highest BCUT2D eigenvalue weighted by Gasteiger charge is 2.06. The number of ether oxygens (including phenoxy) is 1. The lowest BCUT2D eigenvalue weighted by molar-refractivity contribution is 0.0593. The minimum atomic E-state index is -0.716. The smallest absolute Gasteiger partial charge is 0.358 e. The lowest BCUT2D eigenvalue weighted by Crippen LogP contribution is -2.05. The fraction of sp³-hybridized carbons (Fsp3) is 0.300. The highest BCUT2D eigenvalue weighted by Crippen LogP contribution is 1.96. The van der Waals surface area contributed by atoms with E-state index in [9.17, 15) is 4.79 Å². The maximum atomic E-state index is 11.0. The van der Waals surface area contributed by atoms with Gasteiger partial charge < -0.3 is 9.84 Å². The van der Waals surface area contributed by atoms with E-state index in [0.717, 1.165) is 0 Å². The van der Waals surface area contributed by atoms with E-state index in [1.54, 1.807) is 6.92 Å². The summed E-state index contributed by atoms with van der Waals surface area (Å²) in [5.41, 5.74) is 0.517. The predicted molar refractivity (Wildman–Crippen MR) is 51.9 cm³/mol. The molecule has 5 nitrogen and oxygen atoms in total. The van der Waals surface area contributed by atoms with Crippen molar-refractivity contribution in [2.24, 2.45) is 0 Å². The molecular weight excluding hydrogens is 196 g/mol. The summed E-state index contributed by atoms with van der Waals surface area (Å²) in [7, 11) is 1.27. The number of carbonyl (C=O) groups excluding carboxylic acids is 1.